The topological polar surface area (TPSA) is 97.7 Å². The molecular weight excluding hydrogens is 472 g/mol. The number of aromatic amines is 1. The fourth-order valence-electron chi connectivity index (χ4n) is 4.65. The fourth-order valence-corrected chi connectivity index (χ4v) is 5.50. The van der Waals surface area contributed by atoms with Crippen molar-refractivity contribution in [1.82, 2.24) is 24.7 Å². The van der Waals surface area contributed by atoms with Crippen molar-refractivity contribution in [1.29, 1.82) is 0 Å². The highest BCUT2D eigenvalue weighted by molar-refractivity contribution is 8.00. The van der Waals surface area contributed by atoms with Crippen molar-refractivity contribution in [2.45, 2.75) is 42.8 Å². The molecule has 8 nitrogen and oxygen atoms in total. The monoisotopic (exact) mass is 498 g/mol. The molecule has 1 aliphatic heterocycles. The van der Waals surface area contributed by atoms with Crippen molar-refractivity contribution < 1.29 is 9.53 Å². The van der Waals surface area contributed by atoms with Crippen molar-refractivity contribution in [2.24, 2.45) is 0 Å². The van der Waals surface area contributed by atoms with E-state index in [2.05, 4.69) is 36.1 Å². The smallest absolute Gasteiger partial charge is 0.237 e. The lowest BCUT2D eigenvalue weighted by Crippen LogP contribution is -2.23. The number of para-hydroxylation sites is 1. The van der Waals surface area contributed by atoms with E-state index in [9.17, 15) is 4.79 Å². The van der Waals surface area contributed by atoms with Crippen molar-refractivity contribution in [3.05, 3.63) is 67.0 Å². The number of amides is 1. The molecule has 5 aromatic rings. The van der Waals surface area contributed by atoms with Gasteiger partial charge in [-0.3, -0.25) is 14.3 Å². The lowest BCUT2D eigenvalue weighted by atomic mass is 10.1. The maximum atomic E-state index is 13.2. The molecule has 2 unspecified atom stereocenters. The normalized spacial score (nSPS) is 16.5. The third-order valence-electron chi connectivity index (χ3n) is 6.51. The summed E-state index contributed by atoms with van der Waals surface area (Å²) in [5.74, 6) is 0.676. The first-order valence-corrected chi connectivity index (χ1v) is 13.0. The van der Waals surface area contributed by atoms with Crippen LogP contribution in [-0.2, 0) is 16.1 Å². The summed E-state index contributed by atoms with van der Waals surface area (Å²) in [5.41, 5.74) is 3.63. The second-order valence-electron chi connectivity index (χ2n) is 8.92. The molecule has 1 amide bonds. The van der Waals surface area contributed by atoms with Gasteiger partial charge < -0.3 is 15.0 Å². The van der Waals surface area contributed by atoms with Crippen LogP contribution in [0.1, 0.15) is 19.8 Å². The first kappa shape index (κ1) is 22.8. The number of hydrogen-bond donors (Lipinski definition) is 2. The largest absolute Gasteiger partial charge is 0.376 e. The van der Waals surface area contributed by atoms with E-state index in [1.165, 1.54) is 11.8 Å². The van der Waals surface area contributed by atoms with Crippen LogP contribution in [0.3, 0.4) is 0 Å². The molecule has 4 heterocycles. The number of aromatic nitrogens is 5. The minimum absolute atomic E-state index is 0.100. The zero-order valence-electron chi connectivity index (χ0n) is 19.8. The highest BCUT2D eigenvalue weighted by atomic mass is 32.2. The van der Waals surface area contributed by atoms with E-state index in [0.29, 0.717) is 11.7 Å². The third kappa shape index (κ3) is 4.36. The number of fused-ring (bicyclic) bond motifs is 2. The molecule has 0 spiro atoms. The second-order valence-corrected chi connectivity index (χ2v) is 10.2. The summed E-state index contributed by atoms with van der Waals surface area (Å²) >= 11 is 1.41. The summed E-state index contributed by atoms with van der Waals surface area (Å²) in [7, 11) is 0. The van der Waals surface area contributed by atoms with Gasteiger partial charge in [-0.25, -0.2) is 0 Å². The highest BCUT2D eigenvalue weighted by Gasteiger charge is 2.26. The van der Waals surface area contributed by atoms with Crippen LogP contribution in [0.4, 0.5) is 5.69 Å². The summed E-state index contributed by atoms with van der Waals surface area (Å²) in [6.07, 6.45) is 5.88. The molecule has 0 bridgehead atoms. The molecule has 1 saturated heterocycles. The summed E-state index contributed by atoms with van der Waals surface area (Å²) < 4.78 is 8.03. The summed E-state index contributed by atoms with van der Waals surface area (Å²) in [5, 5.41) is 14.5. The van der Waals surface area contributed by atoms with Gasteiger partial charge in [-0.05, 0) is 50.1 Å². The second kappa shape index (κ2) is 9.75. The molecule has 6 rings (SSSR count). The Kier molecular flexibility index (Phi) is 6.16. The predicted molar refractivity (Wildman–Crippen MR) is 142 cm³/mol. The van der Waals surface area contributed by atoms with Gasteiger partial charge in [0.15, 0.2) is 11.0 Å². The molecular formula is C27H26N6O2S. The Hall–Kier alpha value is -3.69. The number of H-pyrrole nitrogens is 1. The Labute approximate surface area is 212 Å². The zero-order valence-corrected chi connectivity index (χ0v) is 20.7. The van der Waals surface area contributed by atoms with E-state index >= 15 is 0 Å². The van der Waals surface area contributed by atoms with Crippen molar-refractivity contribution in [3.8, 4) is 11.4 Å². The van der Waals surface area contributed by atoms with Gasteiger partial charge in [-0.2, -0.15) is 0 Å². The Morgan fingerprint density at radius 3 is 2.94 bits per heavy atom. The van der Waals surface area contributed by atoms with Gasteiger partial charge in [0.05, 0.1) is 29.1 Å². The Morgan fingerprint density at radius 1 is 1.17 bits per heavy atom. The highest BCUT2D eigenvalue weighted by Crippen LogP contribution is 2.33. The standard InChI is InChI=1S/C27H26N6O2S/c1-17(26(34)30-24-12-4-11-23-20(24)9-5-13-28-23)36-27-32-31-25(33(27)16-18-7-6-14-35-18)21-15-29-22-10-3-2-8-19(21)22/h2-5,8-13,15,17-18,29H,6-7,14,16H2,1H3,(H,30,34). The lowest BCUT2D eigenvalue weighted by Gasteiger charge is -2.17. The van der Waals surface area contributed by atoms with Gasteiger partial charge in [0.2, 0.25) is 5.91 Å². The SMILES string of the molecule is CC(Sc1nnc(-c2c[nH]c3ccccc23)n1CC1CCCO1)C(=O)Nc1cccc2ncccc12. The van der Waals surface area contributed by atoms with Gasteiger partial charge >= 0.3 is 0 Å². The molecule has 1 fully saturated rings. The van der Waals surface area contributed by atoms with Gasteiger partial charge in [0.25, 0.3) is 0 Å². The van der Waals surface area contributed by atoms with Crippen LogP contribution in [0.25, 0.3) is 33.2 Å². The molecule has 9 heteroatoms. The first-order valence-electron chi connectivity index (χ1n) is 12.1. The summed E-state index contributed by atoms with van der Waals surface area (Å²) in [4.78, 5) is 20.9. The molecule has 1 aliphatic rings. The molecule has 0 saturated carbocycles. The van der Waals surface area contributed by atoms with Crippen LogP contribution >= 0.6 is 11.8 Å². The number of hydrogen-bond acceptors (Lipinski definition) is 6. The minimum atomic E-state index is -0.389. The molecule has 2 atom stereocenters. The lowest BCUT2D eigenvalue weighted by molar-refractivity contribution is -0.115. The van der Waals surface area contributed by atoms with Crippen LogP contribution in [0.5, 0.6) is 0 Å². The average molecular weight is 499 g/mol. The number of pyridine rings is 1. The number of rotatable bonds is 7. The van der Waals surface area contributed by atoms with Gasteiger partial charge in [0.1, 0.15) is 0 Å². The third-order valence-corrected chi connectivity index (χ3v) is 7.59. The zero-order chi connectivity index (χ0) is 24.5. The van der Waals surface area contributed by atoms with E-state index in [0.717, 1.165) is 58.3 Å². The van der Waals surface area contributed by atoms with Crippen molar-refractivity contribution in [3.63, 3.8) is 0 Å². The number of carbonyl (C=O) groups is 1. The van der Waals surface area contributed by atoms with Gasteiger partial charge in [0, 0.05) is 40.9 Å². The molecule has 182 valence electrons. The number of thioether (sulfide) groups is 1. The Bertz CT molecular complexity index is 1530. The number of benzene rings is 2. The van der Waals surface area contributed by atoms with E-state index in [1.54, 1.807) is 6.20 Å². The number of anilines is 1. The van der Waals surface area contributed by atoms with Crippen LogP contribution in [-0.4, -0.2) is 48.6 Å². The van der Waals surface area contributed by atoms with Crippen LogP contribution in [0.2, 0.25) is 0 Å². The fraction of sp³-hybridized carbons (Fsp3) is 0.259. The molecule has 2 aromatic carbocycles. The predicted octanol–water partition coefficient (Wildman–Crippen LogP) is 5.27. The Balaban J connectivity index is 1.28. The van der Waals surface area contributed by atoms with Crippen LogP contribution in [0.15, 0.2) is 72.1 Å². The van der Waals surface area contributed by atoms with E-state index < -0.39 is 0 Å². The maximum absolute atomic E-state index is 13.2. The van der Waals surface area contributed by atoms with Crippen molar-refractivity contribution >= 4 is 45.2 Å². The first-order chi connectivity index (χ1) is 17.7. The van der Waals surface area contributed by atoms with Crippen LogP contribution < -0.4 is 5.32 Å². The molecule has 3 aromatic heterocycles. The van der Waals surface area contributed by atoms with Crippen molar-refractivity contribution in [2.75, 3.05) is 11.9 Å². The van der Waals surface area contributed by atoms with Gasteiger partial charge in [-0.15, -0.1) is 10.2 Å². The molecule has 2 N–H and O–H groups in total. The number of nitrogens with zero attached hydrogens (tertiary/aromatic N) is 4. The molecule has 36 heavy (non-hydrogen) atoms. The quantitative estimate of drug-likeness (QED) is 0.297. The van der Waals surface area contributed by atoms with E-state index in [4.69, 9.17) is 4.74 Å². The molecule has 0 radical (unpaired) electrons. The van der Waals surface area contributed by atoms with Gasteiger partial charge in [-0.1, -0.05) is 36.0 Å². The van der Waals surface area contributed by atoms with Crippen LogP contribution in [0, 0.1) is 0 Å². The van der Waals surface area contributed by atoms with E-state index in [-0.39, 0.29) is 17.3 Å². The number of ether oxygens (including phenoxy) is 1. The van der Waals surface area contributed by atoms with E-state index in [1.807, 2.05) is 61.7 Å². The maximum Gasteiger partial charge on any atom is 0.237 e. The minimum Gasteiger partial charge on any atom is -0.376 e. The number of nitrogens with one attached hydrogen (secondary N) is 2. The Morgan fingerprint density at radius 2 is 2.06 bits per heavy atom. The average Bonchev–Trinajstić information content (AvgIpc) is 3.65. The number of carbonyl (C=O) groups excluding carboxylic acids is 1. The molecule has 0 aliphatic carbocycles. The summed E-state index contributed by atoms with van der Waals surface area (Å²) in [6.45, 7) is 3.31. The summed E-state index contributed by atoms with van der Waals surface area (Å²) in [6, 6.07) is 17.7.